The number of carbonyl (C=O) groups is 1. The summed E-state index contributed by atoms with van der Waals surface area (Å²) in [6, 6.07) is 5.20. The Morgan fingerprint density at radius 3 is 2.71 bits per heavy atom. The number of rotatable bonds is 5. The molecule has 1 atom stereocenters. The van der Waals surface area contributed by atoms with Crippen LogP contribution in [0.15, 0.2) is 22.7 Å². The number of methoxy groups -OCH3 is 1. The van der Waals surface area contributed by atoms with Crippen molar-refractivity contribution < 1.29 is 13.7 Å². The van der Waals surface area contributed by atoms with E-state index < -0.39 is 10.8 Å². The van der Waals surface area contributed by atoms with Crippen molar-refractivity contribution in [2.24, 2.45) is 0 Å². The van der Waals surface area contributed by atoms with Crippen LogP contribution in [0, 0.1) is 0 Å². The number of benzene rings is 1. The number of ether oxygens (including phenoxy) is 1. The number of carbonyl (C=O) groups excluding carboxylic acids is 1. The molecule has 3 nitrogen and oxygen atoms in total. The maximum Gasteiger partial charge on any atom is 0.337 e. The van der Waals surface area contributed by atoms with Crippen molar-refractivity contribution in [3.05, 3.63) is 33.8 Å². The number of hydrogen-bond acceptors (Lipinski definition) is 3. The van der Waals surface area contributed by atoms with Crippen molar-refractivity contribution in [2.45, 2.75) is 19.1 Å². The van der Waals surface area contributed by atoms with Crippen molar-refractivity contribution in [1.29, 1.82) is 0 Å². The quantitative estimate of drug-likeness (QED) is 0.784. The summed E-state index contributed by atoms with van der Waals surface area (Å²) in [5.41, 5.74) is 1.44. The summed E-state index contributed by atoms with van der Waals surface area (Å²) in [5, 5.41) is 0. The Morgan fingerprint density at radius 1 is 1.47 bits per heavy atom. The Kier molecular flexibility index (Phi) is 5.85. The molecular formula is C12H15BrO3S. The summed E-state index contributed by atoms with van der Waals surface area (Å²) >= 11 is 3.38. The first-order valence-electron chi connectivity index (χ1n) is 5.30. The fourth-order valence-corrected chi connectivity index (χ4v) is 3.29. The first-order valence-corrected chi connectivity index (χ1v) is 7.58. The Bertz CT molecular complexity index is 432. The normalized spacial score (nSPS) is 12.2. The number of halogens is 1. The Hall–Kier alpha value is -0.680. The zero-order valence-electron chi connectivity index (χ0n) is 9.86. The second-order valence-corrected chi connectivity index (χ2v) is 6.02. The smallest absolute Gasteiger partial charge is 0.337 e. The molecule has 0 saturated heterocycles. The first-order chi connectivity index (χ1) is 8.08. The monoisotopic (exact) mass is 318 g/mol. The molecule has 0 aliphatic rings. The lowest BCUT2D eigenvalue weighted by molar-refractivity contribution is 0.0600. The van der Waals surface area contributed by atoms with Gasteiger partial charge in [0, 0.05) is 26.8 Å². The summed E-state index contributed by atoms with van der Waals surface area (Å²) in [4.78, 5) is 11.3. The number of hydrogen-bond donors (Lipinski definition) is 0. The minimum atomic E-state index is -0.847. The summed E-state index contributed by atoms with van der Waals surface area (Å²) in [7, 11) is 0.501. The molecule has 17 heavy (non-hydrogen) atoms. The Balaban J connectivity index is 2.83. The summed E-state index contributed by atoms with van der Waals surface area (Å²) in [6.45, 7) is 2.01. The fraction of sp³-hybridized carbons (Fsp3) is 0.417. The van der Waals surface area contributed by atoms with Gasteiger partial charge in [0.25, 0.3) is 0 Å². The van der Waals surface area contributed by atoms with E-state index in [1.165, 1.54) is 7.11 Å². The lowest BCUT2D eigenvalue weighted by Gasteiger charge is -2.06. The van der Waals surface area contributed by atoms with Crippen LogP contribution in [0.25, 0.3) is 0 Å². The van der Waals surface area contributed by atoms with E-state index in [2.05, 4.69) is 20.7 Å². The molecule has 0 aromatic heterocycles. The van der Waals surface area contributed by atoms with Gasteiger partial charge in [0.1, 0.15) is 0 Å². The van der Waals surface area contributed by atoms with Gasteiger partial charge >= 0.3 is 5.97 Å². The van der Waals surface area contributed by atoms with E-state index in [0.717, 1.165) is 16.5 Å². The molecule has 0 spiro atoms. The zero-order valence-corrected chi connectivity index (χ0v) is 12.3. The third-order valence-corrected chi connectivity index (χ3v) is 4.46. The standard InChI is InChI=1S/C12H15BrO3S/c1-3-6-17(15)8-10-5-4-9(7-11(10)13)12(14)16-2/h4-5,7H,3,6,8H2,1-2H3. The predicted octanol–water partition coefficient (Wildman–Crippen LogP) is 2.89. The van der Waals surface area contributed by atoms with Crippen LogP contribution in [0.5, 0.6) is 0 Å². The van der Waals surface area contributed by atoms with E-state index in [9.17, 15) is 9.00 Å². The molecule has 0 bridgehead atoms. The number of esters is 1. The highest BCUT2D eigenvalue weighted by Gasteiger charge is 2.10. The molecule has 1 aromatic rings. The van der Waals surface area contributed by atoms with E-state index in [4.69, 9.17) is 0 Å². The van der Waals surface area contributed by atoms with E-state index in [0.29, 0.717) is 17.1 Å². The van der Waals surface area contributed by atoms with Crippen LogP contribution in [0.4, 0.5) is 0 Å². The van der Waals surface area contributed by atoms with Gasteiger partial charge < -0.3 is 4.74 Å². The maximum atomic E-state index is 11.6. The van der Waals surface area contributed by atoms with Gasteiger partial charge in [-0.25, -0.2) is 4.79 Å². The molecule has 1 rings (SSSR count). The van der Waals surface area contributed by atoms with E-state index in [1.54, 1.807) is 12.1 Å². The van der Waals surface area contributed by atoms with Crippen LogP contribution < -0.4 is 0 Å². The fourth-order valence-electron chi connectivity index (χ4n) is 1.38. The van der Waals surface area contributed by atoms with Crippen LogP contribution in [-0.2, 0) is 21.3 Å². The molecule has 1 aromatic carbocycles. The lowest BCUT2D eigenvalue weighted by Crippen LogP contribution is -2.04. The summed E-state index contributed by atoms with van der Waals surface area (Å²) in [5.74, 6) is 0.841. The van der Waals surface area contributed by atoms with Crippen LogP contribution in [-0.4, -0.2) is 23.0 Å². The minimum absolute atomic E-state index is 0.369. The first kappa shape index (κ1) is 14.4. The van der Waals surface area contributed by atoms with Crippen LogP contribution in [0.1, 0.15) is 29.3 Å². The van der Waals surface area contributed by atoms with Crippen LogP contribution in [0.3, 0.4) is 0 Å². The summed E-state index contributed by atoms with van der Waals surface area (Å²) in [6.07, 6.45) is 0.907. The van der Waals surface area contributed by atoms with Gasteiger partial charge in [-0.05, 0) is 24.1 Å². The average molecular weight is 319 g/mol. The highest BCUT2D eigenvalue weighted by molar-refractivity contribution is 9.10. The molecule has 0 N–H and O–H groups in total. The third-order valence-electron chi connectivity index (χ3n) is 2.22. The average Bonchev–Trinajstić information content (AvgIpc) is 2.31. The molecule has 94 valence electrons. The Labute approximate surface area is 112 Å². The molecule has 1 unspecified atom stereocenters. The highest BCUT2D eigenvalue weighted by atomic mass is 79.9. The van der Waals surface area contributed by atoms with Gasteiger partial charge in [-0.15, -0.1) is 0 Å². The zero-order chi connectivity index (χ0) is 12.8. The molecule has 0 heterocycles. The Morgan fingerprint density at radius 2 is 2.18 bits per heavy atom. The van der Waals surface area contributed by atoms with E-state index >= 15 is 0 Å². The second kappa shape index (κ2) is 6.91. The van der Waals surface area contributed by atoms with Gasteiger partial charge in [-0.1, -0.05) is 28.9 Å². The molecule has 5 heteroatoms. The van der Waals surface area contributed by atoms with Crippen molar-refractivity contribution in [1.82, 2.24) is 0 Å². The van der Waals surface area contributed by atoms with Gasteiger partial charge in [-0.2, -0.15) is 0 Å². The van der Waals surface area contributed by atoms with Crippen molar-refractivity contribution in [3.8, 4) is 0 Å². The molecule has 0 fully saturated rings. The molecule has 0 aliphatic carbocycles. The topological polar surface area (TPSA) is 43.4 Å². The molecule has 0 radical (unpaired) electrons. The molecule has 0 aliphatic heterocycles. The van der Waals surface area contributed by atoms with Gasteiger partial charge in [0.2, 0.25) is 0 Å². The SMILES string of the molecule is CCCS(=O)Cc1ccc(C(=O)OC)cc1Br. The molecule has 0 amide bonds. The maximum absolute atomic E-state index is 11.6. The largest absolute Gasteiger partial charge is 0.465 e. The van der Waals surface area contributed by atoms with Crippen molar-refractivity contribution in [3.63, 3.8) is 0 Å². The molecule has 0 saturated carbocycles. The van der Waals surface area contributed by atoms with Crippen molar-refractivity contribution in [2.75, 3.05) is 12.9 Å². The summed E-state index contributed by atoms with van der Waals surface area (Å²) < 4.78 is 17.1. The van der Waals surface area contributed by atoms with Crippen molar-refractivity contribution >= 4 is 32.7 Å². The second-order valence-electron chi connectivity index (χ2n) is 3.59. The minimum Gasteiger partial charge on any atom is -0.465 e. The van der Waals surface area contributed by atoms with Crippen LogP contribution >= 0.6 is 15.9 Å². The van der Waals surface area contributed by atoms with Gasteiger partial charge in [-0.3, -0.25) is 4.21 Å². The third kappa shape index (κ3) is 4.24. The van der Waals surface area contributed by atoms with E-state index in [-0.39, 0.29) is 5.97 Å². The predicted molar refractivity (Wildman–Crippen MR) is 72.5 cm³/mol. The lowest BCUT2D eigenvalue weighted by atomic mass is 10.1. The van der Waals surface area contributed by atoms with E-state index in [1.807, 2.05) is 13.0 Å². The van der Waals surface area contributed by atoms with Gasteiger partial charge in [0.05, 0.1) is 12.7 Å². The van der Waals surface area contributed by atoms with Crippen LogP contribution in [0.2, 0.25) is 0 Å². The highest BCUT2D eigenvalue weighted by Crippen LogP contribution is 2.20. The molecular weight excluding hydrogens is 304 g/mol. The van der Waals surface area contributed by atoms with Gasteiger partial charge in [0.15, 0.2) is 0 Å².